The number of piperidine rings is 1. The summed E-state index contributed by atoms with van der Waals surface area (Å²) in [5.41, 5.74) is 6.26. The lowest BCUT2D eigenvalue weighted by molar-refractivity contribution is -0.0228. The van der Waals surface area contributed by atoms with E-state index in [1.54, 1.807) is 4.90 Å². The van der Waals surface area contributed by atoms with Gasteiger partial charge in [-0.3, -0.25) is 0 Å². The predicted molar refractivity (Wildman–Crippen MR) is 94.7 cm³/mol. The van der Waals surface area contributed by atoms with Gasteiger partial charge in [0.1, 0.15) is 0 Å². The van der Waals surface area contributed by atoms with E-state index in [9.17, 15) is 4.79 Å². The summed E-state index contributed by atoms with van der Waals surface area (Å²) < 4.78 is 6.15. The van der Waals surface area contributed by atoms with Crippen molar-refractivity contribution in [3.63, 3.8) is 0 Å². The number of nitrogens with zero attached hydrogens (tertiary/aromatic N) is 1. The molecule has 140 valence electrons. The van der Waals surface area contributed by atoms with Gasteiger partial charge in [-0.25, -0.2) is 4.79 Å². The zero-order valence-electron chi connectivity index (χ0n) is 15.2. The fraction of sp³-hybridized carbons (Fsp3) is 0.944. The first-order chi connectivity index (χ1) is 11.5. The van der Waals surface area contributed by atoms with E-state index in [4.69, 9.17) is 15.6 Å². The molecule has 2 fully saturated rings. The number of nitrogens with one attached hydrogen (secondary N) is 1. The van der Waals surface area contributed by atoms with Crippen molar-refractivity contribution in [1.29, 1.82) is 0 Å². The van der Waals surface area contributed by atoms with Gasteiger partial charge in [-0.2, -0.15) is 0 Å². The van der Waals surface area contributed by atoms with Gasteiger partial charge in [0.25, 0.3) is 0 Å². The maximum absolute atomic E-state index is 12.3. The molecule has 1 heterocycles. The van der Waals surface area contributed by atoms with Crippen LogP contribution in [0.25, 0.3) is 0 Å². The van der Waals surface area contributed by atoms with E-state index in [1.165, 1.54) is 12.8 Å². The highest BCUT2D eigenvalue weighted by molar-refractivity contribution is 5.74. The minimum atomic E-state index is -0.142. The van der Waals surface area contributed by atoms with Crippen LogP contribution in [0.5, 0.6) is 0 Å². The van der Waals surface area contributed by atoms with Crippen molar-refractivity contribution in [2.45, 2.75) is 70.6 Å². The van der Waals surface area contributed by atoms with Gasteiger partial charge in [-0.05, 0) is 50.4 Å². The lowest BCUT2D eigenvalue weighted by atomic mass is 9.80. The molecular formula is C18H35N3O3. The van der Waals surface area contributed by atoms with E-state index in [-0.39, 0.29) is 31.3 Å². The van der Waals surface area contributed by atoms with Crippen LogP contribution in [0.2, 0.25) is 0 Å². The Morgan fingerprint density at radius 1 is 1.29 bits per heavy atom. The lowest BCUT2D eigenvalue weighted by Gasteiger charge is -2.40. The smallest absolute Gasteiger partial charge is 0.317 e. The summed E-state index contributed by atoms with van der Waals surface area (Å²) in [7, 11) is 0. The molecule has 0 aromatic carbocycles. The fourth-order valence-corrected chi connectivity index (χ4v) is 3.97. The number of aliphatic hydroxyl groups excluding tert-OH is 1. The molecule has 1 saturated heterocycles. The van der Waals surface area contributed by atoms with Crippen molar-refractivity contribution in [1.82, 2.24) is 10.2 Å². The average molecular weight is 341 g/mol. The Labute approximate surface area is 146 Å². The Morgan fingerprint density at radius 2 is 2.00 bits per heavy atom. The number of ether oxygens (including phenoxy) is 1. The lowest BCUT2D eigenvalue weighted by Crippen LogP contribution is -2.59. The van der Waals surface area contributed by atoms with Crippen LogP contribution in [0.1, 0.15) is 52.4 Å². The minimum Gasteiger partial charge on any atom is -0.395 e. The van der Waals surface area contributed by atoms with Crippen LogP contribution >= 0.6 is 0 Å². The minimum absolute atomic E-state index is 0.0365. The summed E-state index contributed by atoms with van der Waals surface area (Å²) in [6.45, 7) is 6.05. The molecule has 0 unspecified atom stereocenters. The molecule has 2 amide bonds. The SMILES string of the molecule is CC(C)C1CCC(OC[C@H]2[C@@H](N)CCCN2C(=O)NCCO)CC1. The van der Waals surface area contributed by atoms with E-state index in [0.717, 1.165) is 37.5 Å². The molecule has 2 aliphatic rings. The first-order valence-corrected chi connectivity index (χ1v) is 9.55. The summed E-state index contributed by atoms with van der Waals surface area (Å²) in [6.07, 6.45) is 6.85. The van der Waals surface area contributed by atoms with E-state index >= 15 is 0 Å². The van der Waals surface area contributed by atoms with Crippen LogP contribution in [0.15, 0.2) is 0 Å². The molecule has 1 aliphatic heterocycles. The van der Waals surface area contributed by atoms with E-state index in [1.807, 2.05) is 0 Å². The monoisotopic (exact) mass is 341 g/mol. The second kappa shape index (κ2) is 9.59. The summed E-state index contributed by atoms with van der Waals surface area (Å²) in [5.74, 6) is 1.57. The standard InChI is InChI=1S/C18H35N3O3/c1-13(2)14-5-7-15(8-6-14)24-12-17-16(19)4-3-10-21(17)18(23)20-9-11-22/h13-17,22H,3-12,19H2,1-2H3,(H,20,23)/t14?,15?,16-,17-/m0/s1. The van der Waals surface area contributed by atoms with Crippen molar-refractivity contribution in [3.8, 4) is 0 Å². The van der Waals surface area contributed by atoms with Crippen molar-refractivity contribution < 1.29 is 14.6 Å². The Morgan fingerprint density at radius 3 is 2.62 bits per heavy atom. The zero-order chi connectivity index (χ0) is 17.5. The van der Waals surface area contributed by atoms with Crippen molar-refractivity contribution in [2.75, 3.05) is 26.3 Å². The molecule has 0 aromatic rings. The summed E-state index contributed by atoms with van der Waals surface area (Å²) in [5, 5.41) is 11.6. The Bertz CT molecular complexity index is 384. The van der Waals surface area contributed by atoms with Crippen molar-refractivity contribution >= 4 is 6.03 Å². The third-order valence-corrected chi connectivity index (χ3v) is 5.64. The summed E-state index contributed by atoms with van der Waals surface area (Å²) >= 11 is 0. The van der Waals surface area contributed by atoms with Crippen LogP contribution < -0.4 is 11.1 Å². The van der Waals surface area contributed by atoms with Gasteiger partial charge in [0, 0.05) is 19.1 Å². The molecule has 0 radical (unpaired) electrons. The number of amides is 2. The number of hydrogen-bond donors (Lipinski definition) is 3. The van der Waals surface area contributed by atoms with Crippen LogP contribution in [0.3, 0.4) is 0 Å². The van der Waals surface area contributed by atoms with Crippen molar-refractivity contribution in [2.24, 2.45) is 17.6 Å². The second-order valence-electron chi connectivity index (χ2n) is 7.64. The molecule has 1 saturated carbocycles. The van der Waals surface area contributed by atoms with Crippen molar-refractivity contribution in [3.05, 3.63) is 0 Å². The number of likely N-dealkylation sites (tertiary alicyclic amines) is 1. The molecule has 0 spiro atoms. The number of carbonyl (C=O) groups excluding carboxylic acids is 1. The van der Waals surface area contributed by atoms with E-state index < -0.39 is 0 Å². The Hall–Kier alpha value is -0.850. The number of hydrogen-bond acceptors (Lipinski definition) is 4. The maximum atomic E-state index is 12.3. The van der Waals surface area contributed by atoms with Gasteiger partial charge >= 0.3 is 6.03 Å². The van der Waals surface area contributed by atoms with E-state index in [0.29, 0.717) is 19.3 Å². The highest BCUT2D eigenvalue weighted by Crippen LogP contribution is 2.31. The van der Waals surface area contributed by atoms with Gasteiger partial charge in [-0.15, -0.1) is 0 Å². The number of aliphatic hydroxyl groups is 1. The van der Waals surface area contributed by atoms with Crippen LogP contribution in [0.4, 0.5) is 4.79 Å². The van der Waals surface area contributed by atoms with Gasteiger partial charge in [0.2, 0.25) is 0 Å². The average Bonchev–Trinajstić information content (AvgIpc) is 2.58. The van der Waals surface area contributed by atoms with Gasteiger partial charge in [0.05, 0.1) is 25.4 Å². The largest absolute Gasteiger partial charge is 0.395 e. The van der Waals surface area contributed by atoms with Gasteiger partial charge < -0.3 is 25.8 Å². The first-order valence-electron chi connectivity index (χ1n) is 9.55. The van der Waals surface area contributed by atoms with Crippen LogP contribution in [0, 0.1) is 11.8 Å². The highest BCUT2D eigenvalue weighted by Gasteiger charge is 2.33. The quantitative estimate of drug-likeness (QED) is 0.686. The summed E-state index contributed by atoms with van der Waals surface area (Å²) in [6, 6.07) is -0.248. The molecule has 2 atom stereocenters. The van der Waals surface area contributed by atoms with Gasteiger partial charge in [-0.1, -0.05) is 13.8 Å². The highest BCUT2D eigenvalue weighted by atomic mass is 16.5. The molecule has 6 nitrogen and oxygen atoms in total. The molecule has 4 N–H and O–H groups in total. The van der Waals surface area contributed by atoms with Crippen LogP contribution in [-0.2, 0) is 4.74 Å². The number of rotatable bonds is 6. The molecule has 24 heavy (non-hydrogen) atoms. The number of nitrogens with two attached hydrogens (primary N) is 1. The fourth-order valence-electron chi connectivity index (χ4n) is 3.97. The second-order valence-corrected chi connectivity index (χ2v) is 7.64. The molecule has 0 aromatic heterocycles. The third kappa shape index (κ3) is 5.33. The Balaban J connectivity index is 1.82. The molecular weight excluding hydrogens is 306 g/mol. The van der Waals surface area contributed by atoms with Gasteiger partial charge in [0.15, 0.2) is 0 Å². The Kier molecular flexibility index (Phi) is 7.78. The van der Waals surface area contributed by atoms with E-state index in [2.05, 4.69) is 19.2 Å². The van der Waals surface area contributed by atoms with Crippen LogP contribution in [-0.4, -0.2) is 60.5 Å². The molecule has 6 heteroatoms. The molecule has 2 rings (SSSR count). The zero-order valence-corrected chi connectivity index (χ0v) is 15.2. The first kappa shape index (κ1) is 19.5. The normalized spacial score (nSPS) is 31.3. The molecule has 1 aliphatic carbocycles. The summed E-state index contributed by atoms with van der Waals surface area (Å²) in [4.78, 5) is 14.1. The predicted octanol–water partition coefficient (Wildman–Crippen LogP) is 1.71. The maximum Gasteiger partial charge on any atom is 0.317 e. The number of carbonyl (C=O) groups is 1. The molecule has 0 bridgehead atoms. The third-order valence-electron chi connectivity index (χ3n) is 5.64. The number of urea groups is 1. The topological polar surface area (TPSA) is 87.8 Å².